The molecule has 4 nitrogen and oxygen atoms in total. The van der Waals surface area contributed by atoms with Crippen LogP contribution < -0.4 is 11.3 Å². The summed E-state index contributed by atoms with van der Waals surface area (Å²) in [4.78, 5) is 18.3. The smallest absolute Gasteiger partial charge is 0.251 e. The molecule has 0 saturated heterocycles. The van der Waals surface area contributed by atoms with Gasteiger partial charge in [0.25, 0.3) is 5.56 Å². The van der Waals surface area contributed by atoms with E-state index < -0.39 is 5.54 Å². The second-order valence-electron chi connectivity index (χ2n) is 3.71. The minimum absolute atomic E-state index is 0. The number of aromatic amines is 1. The van der Waals surface area contributed by atoms with Crippen LogP contribution in [0.25, 0.3) is 0 Å². The number of rotatable bonds is 3. The number of hydrogen-bond acceptors (Lipinski definition) is 3. The van der Waals surface area contributed by atoms with Gasteiger partial charge in [-0.1, -0.05) is 13.8 Å². The maximum atomic E-state index is 11.3. The molecule has 0 spiro atoms. The molecule has 1 aromatic heterocycles. The molecule has 1 atom stereocenters. The molecule has 0 aliphatic rings. The Morgan fingerprint density at radius 1 is 1.53 bits per heavy atom. The summed E-state index contributed by atoms with van der Waals surface area (Å²) in [6.07, 6.45) is 1.49. The van der Waals surface area contributed by atoms with E-state index in [9.17, 15) is 4.79 Å². The van der Waals surface area contributed by atoms with Crippen molar-refractivity contribution in [1.82, 2.24) is 9.97 Å². The number of halogens is 1. The second-order valence-corrected chi connectivity index (χ2v) is 3.71. The highest BCUT2D eigenvalue weighted by Crippen LogP contribution is 2.15. The summed E-state index contributed by atoms with van der Waals surface area (Å²) in [5.74, 6) is 0.573. The monoisotopic (exact) mass is 231 g/mol. The first-order valence-electron chi connectivity index (χ1n) is 4.89. The fourth-order valence-electron chi connectivity index (χ4n) is 1.13. The van der Waals surface area contributed by atoms with Crippen LogP contribution in [0, 0.1) is 0 Å². The molecule has 0 aromatic carbocycles. The zero-order valence-corrected chi connectivity index (χ0v) is 10.1. The highest BCUT2D eigenvalue weighted by Gasteiger charge is 2.21. The molecular formula is C10H18ClN3O. The van der Waals surface area contributed by atoms with Crippen LogP contribution in [0.3, 0.4) is 0 Å². The lowest BCUT2D eigenvalue weighted by atomic mass is 9.99. The predicted molar refractivity (Wildman–Crippen MR) is 63.3 cm³/mol. The predicted octanol–water partition coefficient (Wildman–Crippen LogP) is 1.34. The van der Waals surface area contributed by atoms with Gasteiger partial charge in [-0.15, -0.1) is 12.4 Å². The molecule has 5 heteroatoms. The molecule has 0 aliphatic carbocycles. The summed E-state index contributed by atoms with van der Waals surface area (Å²) in [6.45, 7) is 5.80. The number of nitrogens with zero attached hydrogens (tertiary/aromatic N) is 1. The van der Waals surface area contributed by atoms with Crippen molar-refractivity contribution in [2.45, 2.75) is 39.2 Å². The van der Waals surface area contributed by atoms with Gasteiger partial charge in [0.2, 0.25) is 0 Å². The molecule has 1 rings (SSSR count). The Morgan fingerprint density at radius 3 is 2.60 bits per heavy atom. The van der Waals surface area contributed by atoms with Crippen molar-refractivity contribution >= 4 is 12.4 Å². The fraction of sp³-hybridized carbons (Fsp3) is 0.600. The number of aromatic nitrogens is 2. The molecule has 3 N–H and O–H groups in total. The SMILES string of the molecule is CCc1cc(=O)[nH]c(C(C)(N)CC)n1.Cl. The summed E-state index contributed by atoms with van der Waals surface area (Å²) in [7, 11) is 0. The Labute approximate surface area is 95.7 Å². The molecule has 1 heterocycles. The lowest BCUT2D eigenvalue weighted by Gasteiger charge is -2.21. The molecule has 0 aliphatic heterocycles. The second kappa shape index (κ2) is 5.28. The van der Waals surface area contributed by atoms with Crippen molar-refractivity contribution in [1.29, 1.82) is 0 Å². The van der Waals surface area contributed by atoms with Crippen LogP contribution in [-0.4, -0.2) is 9.97 Å². The molecule has 1 aromatic rings. The maximum Gasteiger partial charge on any atom is 0.251 e. The van der Waals surface area contributed by atoms with Crippen molar-refractivity contribution in [3.05, 3.63) is 27.9 Å². The number of hydrogen-bond donors (Lipinski definition) is 2. The largest absolute Gasteiger partial charge is 0.319 e. The molecule has 15 heavy (non-hydrogen) atoms. The van der Waals surface area contributed by atoms with Gasteiger partial charge in [-0.25, -0.2) is 4.98 Å². The van der Waals surface area contributed by atoms with Gasteiger partial charge < -0.3 is 10.7 Å². The Hall–Kier alpha value is -0.870. The molecule has 0 bridgehead atoms. The lowest BCUT2D eigenvalue weighted by molar-refractivity contribution is 0.442. The van der Waals surface area contributed by atoms with Crippen molar-refractivity contribution in [2.24, 2.45) is 5.73 Å². The van der Waals surface area contributed by atoms with Gasteiger partial charge in [0.15, 0.2) is 0 Å². The molecule has 1 unspecified atom stereocenters. The lowest BCUT2D eigenvalue weighted by Crippen LogP contribution is -2.36. The van der Waals surface area contributed by atoms with Crippen molar-refractivity contribution < 1.29 is 0 Å². The van der Waals surface area contributed by atoms with Crippen LogP contribution in [0.5, 0.6) is 0 Å². The minimum atomic E-state index is -0.551. The normalized spacial score (nSPS) is 14.1. The van der Waals surface area contributed by atoms with Crippen LogP contribution in [0.4, 0.5) is 0 Å². The van der Waals surface area contributed by atoms with Gasteiger partial charge in [0, 0.05) is 11.8 Å². The van der Waals surface area contributed by atoms with E-state index >= 15 is 0 Å². The van der Waals surface area contributed by atoms with E-state index in [2.05, 4.69) is 9.97 Å². The van der Waals surface area contributed by atoms with E-state index in [1.807, 2.05) is 20.8 Å². The third-order valence-corrected chi connectivity index (χ3v) is 2.43. The van der Waals surface area contributed by atoms with E-state index in [4.69, 9.17) is 5.73 Å². The summed E-state index contributed by atoms with van der Waals surface area (Å²) in [5.41, 5.74) is 6.10. The van der Waals surface area contributed by atoms with Gasteiger partial charge in [0.05, 0.1) is 5.54 Å². The van der Waals surface area contributed by atoms with Crippen LogP contribution in [0.15, 0.2) is 10.9 Å². The van der Waals surface area contributed by atoms with E-state index in [-0.39, 0.29) is 18.0 Å². The Bertz CT molecular complexity index is 373. The van der Waals surface area contributed by atoms with Crippen LogP contribution in [0.1, 0.15) is 38.7 Å². The Morgan fingerprint density at radius 2 is 2.13 bits per heavy atom. The first-order chi connectivity index (χ1) is 6.49. The van der Waals surface area contributed by atoms with E-state index in [0.29, 0.717) is 5.82 Å². The van der Waals surface area contributed by atoms with Gasteiger partial charge in [-0.3, -0.25) is 4.79 Å². The molecule has 0 fully saturated rings. The van der Waals surface area contributed by atoms with Gasteiger partial charge >= 0.3 is 0 Å². The van der Waals surface area contributed by atoms with Crippen LogP contribution in [0.2, 0.25) is 0 Å². The van der Waals surface area contributed by atoms with Crippen LogP contribution >= 0.6 is 12.4 Å². The number of nitrogens with two attached hydrogens (primary N) is 1. The summed E-state index contributed by atoms with van der Waals surface area (Å²) in [6, 6.07) is 1.51. The first-order valence-corrected chi connectivity index (χ1v) is 4.89. The average Bonchev–Trinajstić information content (AvgIpc) is 2.16. The van der Waals surface area contributed by atoms with Crippen molar-refractivity contribution in [3.8, 4) is 0 Å². The fourth-order valence-corrected chi connectivity index (χ4v) is 1.13. The van der Waals surface area contributed by atoms with Gasteiger partial charge in [-0.05, 0) is 19.8 Å². The molecular weight excluding hydrogens is 214 g/mol. The van der Waals surface area contributed by atoms with Crippen LogP contribution in [-0.2, 0) is 12.0 Å². The van der Waals surface area contributed by atoms with E-state index in [0.717, 1.165) is 18.5 Å². The van der Waals surface area contributed by atoms with E-state index in [1.165, 1.54) is 6.07 Å². The standard InChI is InChI=1S/C10H17N3O.ClH/c1-4-7-6-8(14)13-9(12-7)10(3,11)5-2;/h6H,4-5,11H2,1-3H3,(H,12,13,14);1H. The molecule has 0 amide bonds. The highest BCUT2D eigenvalue weighted by molar-refractivity contribution is 5.85. The molecule has 86 valence electrons. The quantitative estimate of drug-likeness (QED) is 0.825. The van der Waals surface area contributed by atoms with Gasteiger partial charge in [-0.2, -0.15) is 0 Å². The summed E-state index contributed by atoms with van der Waals surface area (Å²) in [5, 5.41) is 0. The number of aryl methyl sites for hydroxylation is 1. The summed E-state index contributed by atoms with van der Waals surface area (Å²) < 4.78 is 0. The zero-order chi connectivity index (χ0) is 10.8. The minimum Gasteiger partial charge on any atom is -0.319 e. The average molecular weight is 232 g/mol. The Kier molecular flexibility index (Phi) is 4.97. The maximum absolute atomic E-state index is 11.3. The molecule has 0 saturated carbocycles. The van der Waals surface area contributed by atoms with Crippen molar-refractivity contribution in [3.63, 3.8) is 0 Å². The van der Waals surface area contributed by atoms with Crippen molar-refractivity contribution in [2.75, 3.05) is 0 Å². The third-order valence-electron chi connectivity index (χ3n) is 2.43. The number of nitrogens with one attached hydrogen (secondary N) is 1. The Balaban J connectivity index is 0.00000196. The van der Waals surface area contributed by atoms with Gasteiger partial charge in [0.1, 0.15) is 5.82 Å². The highest BCUT2D eigenvalue weighted by atomic mass is 35.5. The summed E-state index contributed by atoms with van der Waals surface area (Å²) >= 11 is 0. The molecule has 0 radical (unpaired) electrons. The zero-order valence-electron chi connectivity index (χ0n) is 9.33. The third kappa shape index (κ3) is 3.32. The van der Waals surface area contributed by atoms with E-state index in [1.54, 1.807) is 0 Å². The first kappa shape index (κ1) is 14.1. The topological polar surface area (TPSA) is 71.8 Å². The number of H-pyrrole nitrogens is 1.